The molecule has 0 saturated heterocycles. The van der Waals surface area contributed by atoms with Crippen molar-refractivity contribution in [3.63, 3.8) is 0 Å². The van der Waals surface area contributed by atoms with Crippen molar-refractivity contribution in [2.45, 2.75) is 19.5 Å². The molecule has 2 heterocycles. The van der Waals surface area contributed by atoms with Crippen LogP contribution in [-0.2, 0) is 13.2 Å². The summed E-state index contributed by atoms with van der Waals surface area (Å²) in [5, 5.41) is 11.0. The van der Waals surface area contributed by atoms with Gasteiger partial charge in [-0.25, -0.2) is 9.83 Å². The number of hydrogen-bond donors (Lipinski definition) is 1. The van der Waals surface area contributed by atoms with Crippen molar-refractivity contribution < 1.29 is 27.8 Å². The Hall–Kier alpha value is -4.03. The summed E-state index contributed by atoms with van der Waals surface area (Å²) in [6.45, 7) is 7.21. The third-order valence-electron chi connectivity index (χ3n) is 5.14. The maximum absolute atomic E-state index is 12.6. The largest absolute Gasteiger partial charge is 0.573 e. The van der Waals surface area contributed by atoms with Crippen LogP contribution in [0, 0.1) is 6.57 Å². The quantitative estimate of drug-likeness (QED) is 0.381. The molecular weight excluding hydrogens is 435 g/mol. The minimum absolute atomic E-state index is 0.183. The second kappa shape index (κ2) is 8.84. The van der Waals surface area contributed by atoms with Crippen LogP contribution >= 0.6 is 0 Å². The molecule has 0 aliphatic heterocycles. The number of alkyl halides is 3. The number of benzene rings is 2. The van der Waals surface area contributed by atoms with Crippen LogP contribution in [0.1, 0.15) is 11.3 Å². The number of halogens is 3. The number of aliphatic hydroxyl groups excluding tert-OH is 1. The van der Waals surface area contributed by atoms with Crippen LogP contribution in [0.15, 0.2) is 60.8 Å². The minimum atomic E-state index is -4.79. The lowest BCUT2D eigenvalue weighted by Crippen LogP contribution is -2.17. The first-order valence-electron chi connectivity index (χ1n) is 9.81. The van der Waals surface area contributed by atoms with Gasteiger partial charge < -0.3 is 19.1 Å². The molecule has 9 heteroatoms. The van der Waals surface area contributed by atoms with Crippen LogP contribution in [0.2, 0.25) is 0 Å². The van der Waals surface area contributed by atoms with Crippen LogP contribution in [-0.4, -0.2) is 28.1 Å². The molecule has 168 valence electrons. The van der Waals surface area contributed by atoms with Crippen LogP contribution < -0.4 is 9.47 Å². The van der Waals surface area contributed by atoms with Crippen LogP contribution in [0.25, 0.3) is 26.9 Å². The smallest absolute Gasteiger partial charge is 0.481 e. The highest BCUT2D eigenvalue weighted by Crippen LogP contribution is 2.38. The first-order chi connectivity index (χ1) is 15.8. The fourth-order valence-corrected chi connectivity index (χ4v) is 3.80. The molecule has 0 atom stereocenters. The van der Waals surface area contributed by atoms with E-state index in [0.717, 1.165) is 10.9 Å². The molecule has 0 unspecified atom stereocenters. The molecule has 0 fully saturated rings. The Morgan fingerprint density at radius 3 is 2.58 bits per heavy atom. The van der Waals surface area contributed by atoms with E-state index in [0.29, 0.717) is 34.0 Å². The zero-order valence-corrected chi connectivity index (χ0v) is 17.4. The second-order valence-corrected chi connectivity index (χ2v) is 7.16. The summed E-state index contributed by atoms with van der Waals surface area (Å²) in [6, 6.07) is 14.3. The van der Waals surface area contributed by atoms with Crippen LogP contribution in [0.4, 0.5) is 18.9 Å². The average molecular weight is 453 g/mol. The van der Waals surface area contributed by atoms with Crippen molar-refractivity contribution in [3.8, 4) is 22.8 Å². The van der Waals surface area contributed by atoms with E-state index in [4.69, 9.17) is 11.3 Å². The van der Waals surface area contributed by atoms with E-state index in [2.05, 4.69) is 14.6 Å². The highest BCUT2D eigenvalue weighted by molar-refractivity contribution is 6.00. The first-order valence-corrected chi connectivity index (χ1v) is 9.81. The van der Waals surface area contributed by atoms with Gasteiger partial charge in [-0.1, -0.05) is 18.2 Å². The number of methoxy groups -OCH3 is 1. The Morgan fingerprint density at radius 2 is 1.94 bits per heavy atom. The molecule has 1 N–H and O–H groups in total. The van der Waals surface area contributed by atoms with Crippen molar-refractivity contribution in [2.75, 3.05) is 7.11 Å². The maximum atomic E-state index is 12.6. The normalized spacial score (nSPS) is 11.4. The zero-order chi connectivity index (χ0) is 23.6. The van der Waals surface area contributed by atoms with E-state index in [9.17, 15) is 18.3 Å². The number of aliphatic hydroxyl groups is 1. The molecule has 0 aliphatic carbocycles. The number of rotatable bonds is 6. The van der Waals surface area contributed by atoms with Gasteiger partial charge in [0.25, 0.3) is 0 Å². The zero-order valence-electron chi connectivity index (χ0n) is 17.4. The highest BCUT2D eigenvalue weighted by atomic mass is 19.4. The molecule has 0 bridgehead atoms. The molecular formula is C24H18F3N3O3. The molecule has 2 aromatic carbocycles. The van der Waals surface area contributed by atoms with E-state index in [1.807, 2.05) is 4.57 Å². The lowest BCUT2D eigenvalue weighted by Gasteiger charge is -2.13. The molecule has 33 heavy (non-hydrogen) atoms. The molecule has 0 spiro atoms. The number of ether oxygens (including phenoxy) is 2. The monoisotopic (exact) mass is 453 g/mol. The van der Waals surface area contributed by atoms with Gasteiger partial charge in [-0.15, -0.1) is 13.2 Å². The van der Waals surface area contributed by atoms with Crippen molar-refractivity contribution in [3.05, 3.63) is 83.5 Å². The van der Waals surface area contributed by atoms with Crippen molar-refractivity contribution >= 4 is 16.6 Å². The van der Waals surface area contributed by atoms with Gasteiger partial charge in [0.2, 0.25) is 5.88 Å². The number of hydrogen-bond acceptors (Lipinski definition) is 4. The summed E-state index contributed by atoms with van der Waals surface area (Å²) >= 11 is 0. The van der Waals surface area contributed by atoms with E-state index in [1.54, 1.807) is 42.6 Å². The summed E-state index contributed by atoms with van der Waals surface area (Å²) in [5.74, 6) is 0.105. The Bertz CT molecular complexity index is 1340. The highest BCUT2D eigenvalue weighted by Gasteiger charge is 2.31. The molecule has 2 aromatic heterocycles. The SMILES string of the molecule is [C-]#[N+]c1ccc2c(c1)c(-c1ccc(OC)nc1)c(CO)n2Cc1cccc(OC(F)(F)F)c1. The molecule has 6 nitrogen and oxygen atoms in total. The lowest BCUT2D eigenvalue weighted by atomic mass is 10.0. The summed E-state index contributed by atoms with van der Waals surface area (Å²) in [5.41, 5.74) is 3.64. The maximum Gasteiger partial charge on any atom is 0.573 e. The van der Waals surface area contributed by atoms with E-state index in [-0.39, 0.29) is 18.9 Å². The fourth-order valence-electron chi connectivity index (χ4n) is 3.80. The van der Waals surface area contributed by atoms with Gasteiger partial charge >= 0.3 is 6.36 Å². The summed E-state index contributed by atoms with van der Waals surface area (Å²) < 4.78 is 48.9. The summed E-state index contributed by atoms with van der Waals surface area (Å²) in [7, 11) is 1.51. The van der Waals surface area contributed by atoms with E-state index < -0.39 is 6.36 Å². The van der Waals surface area contributed by atoms with Crippen molar-refractivity contribution in [1.82, 2.24) is 9.55 Å². The molecule has 0 saturated carbocycles. The molecule has 0 radical (unpaired) electrons. The van der Waals surface area contributed by atoms with E-state index >= 15 is 0 Å². The Labute approximate surface area is 187 Å². The molecule has 0 aliphatic rings. The second-order valence-electron chi connectivity index (χ2n) is 7.16. The van der Waals surface area contributed by atoms with Gasteiger partial charge in [-0.3, -0.25) is 0 Å². The minimum Gasteiger partial charge on any atom is -0.481 e. The van der Waals surface area contributed by atoms with Crippen molar-refractivity contribution in [1.29, 1.82) is 0 Å². The third-order valence-corrected chi connectivity index (χ3v) is 5.14. The fraction of sp³-hybridized carbons (Fsp3) is 0.167. The Balaban J connectivity index is 1.87. The van der Waals surface area contributed by atoms with Gasteiger partial charge in [0.1, 0.15) is 5.75 Å². The number of nitrogens with zero attached hydrogens (tertiary/aromatic N) is 3. The topological polar surface area (TPSA) is 60.9 Å². The third kappa shape index (κ3) is 4.61. The molecule has 4 rings (SSSR count). The first kappa shape index (κ1) is 22.2. The Kier molecular flexibility index (Phi) is 5.94. The van der Waals surface area contributed by atoms with Gasteiger partial charge in [-0.2, -0.15) is 0 Å². The summed E-state index contributed by atoms with van der Waals surface area (Å²) in [6.07, 6.45) is -3.18. The van der Waals surface area contributed by atoms with Crippen molar-refractivity contribution in [2.24, 2.45) is 0 Å². The van der Waals surface area contributed by atoms with E-state index in [1.165, 1.54) is 25.3 Å². The molecule has 0 amide bonds. The molecule has 4 aromatic rings. The average Bonchev–Trinajstić information content (AvgIpc) is 3.10. The van der Waals surface area contributed by atoms with Gasteiger partial charge in [0.05, 0.1) is 26.0 Å². The lowest BCUT2D eigenvalue weighted by molar-refractivity contribution is -0.274. The standard InChI is InChI=1S/C24H18F3N3O3/c1-28-17-7-8-20-19(11-17)23(16-6-9-22(32-2)29-12-16)21(14-31)30(20)13-15-4-3-5-18(10-15)33-24(25,26)27/h3-12,31H,13-14H2,2H3. The number of aromatic nitrogens is 2. The predicted octanol–water partition coefficient (Wildman–Crippen LogP) is 5.70. The summed E-state index contributed by atoms with van der Waals surface area (Å²) in [4.78, 5) is 7.74. The number of fused-ring (bicyclic) bond motifs is 1. The van der Waals surface area contributed by atoms with Gasteiger partial charge in [0, 0.05) is 35.5 Å². The Morgan fingerprint density at radius 1 is 1.12 bits per heavy atom. The van der Waals surface area contributed by atoms with Crippen LogP contribution in [0.5, 0.6) is 11.6 Å². The van der Waals surface area contributed by atoms with Gasteiger partial charge in [0.15, 0.2) is 5.69 Å². The predicted molar refractivity (Wildman–Crippen MR) is 116 cm³/mol. The number of pyridine rings is 1. The van der Waals surface area contributed by atoms with Crippen LogP contribution in [0.3, 0.4) is 0 Å². The van der Waals surface area contributed by atoms with Gasteiger partial charge in [-0.05, 0) is 41.3 Å².